The van der Waals surface area contributed by atoms with Gasteiger partial charge in [-0.05, 0) is 17.7 Å². The molecule has 0 aliphatic carbocycles. The second-order valence-electron chi connectivity index (χ2n) is 6.87. The maximum Gasteiger partial charge on any atom is 0.276 e. The number of rotatable bonds is 3. The highest BCUT2D eigenvalue weighted by Gasteiger charge is 2.35. The second kappa shape index (κ2) is 8.08. The van der Waals surface area contributed by atoms with Gasteiger partial charge in [0.2, 0.25) is 0 Å². The lowest BCUT2D eigenvalue weighted by atomic mass is 10.1. The second-order valence-corrected chi connectivity index (χ2v) is 8.69. The molecule has 0 unspecified atom stereocenters. The summed E-state index contributed by atoms with van der Waals surface area (Å²) in [6.45, 7) is 0. The Labute approximate surface area is 186 Å². The zero-order chi connectivity index (χ0) is 20.5. The highest BCUT2D eigenvalue weighted by atomic mass is 79.9. The largest absolute Gasteiger partial charge is 0.298 e. The minimum atomic E-state index is -0.427. The summed E-state index contributed by atoms with van der Waals surface area (Å²) in [6, 6.07) is 25.7. The Hall–Kier alpha value is -2.90. The molecule has 3 aromatic carbocycles. The molecule has 148 valence electrons. The topological polar surface area (TPSA) is 57.1 Å². The quantitative estimate of drug-likeness (QED) is 0.628. The van der Waals surface area contributed by atoms with Crippen LogP contribution in [0.3, 0.4) is 0 Å². The van der Waals surface area contributed by atoms with Crippen molar-refractivity contribution in [1.29, 1.82) is 0 Å². The van der Waals surface area contributed by atoms with Crippen molar-refractivity contribution in [3.63, 3.8) is 0 Å². The number of para-hydroxylation sites is 1. The van der Waals surface area contributed by atoms with Crippen LogP contribution in [0, 0.1) is 0 Å². The average molecular weight is 477 g/mol. The standard InChI is InChI=1S/C23H17BrN4OS/c24-18-12-6-4-10-16(18)21-25-19-13-7-5-11-17(19)20-22(29)26-23(27-28(20)21)30-14-15-8-2-1-3-9-15/h1-13,21H,14H2,(H,26,27,29)/t21-/m0/s1. The molecule has 1 atom stereocenters. The Morgan fingerprint density at radius 1 is 0.967 bits per heavy atom. The third kappa shape index (κ3) is 3.55. The molecule has 0 fully saturated rings. The molecule has 7 heteroatoms. The highest BCUT2D eigenvalue weighted by Crippen LogP contribution is 2.34. The van der Waals surface area contributed by atoms with E-state index in [4.69, 9.17) is 10.1 Å². The molecule has 0 saturated heterocycles. The van der Waals surface area contributed by atoms with E-state index in [-0.39, 0.29) is 5.91 Å². The first kappa shape index (κ1) is 19.1. The minimum absolute atomic E-state index is 0.167. The number of carbonyl (C=O) groups excluding carboxylic acids is 1. The summed E-state index contributed by atoms with van der Waals surface area (Å²) in [5, 5.41) is 11.6. The fraction of sp³-hybridized carbons (Fsp3) is 0.0870. The molecule has 0 radical (unpaired) electrons. The molecule has 5 rings (SSSR count). The van der Waals surface area contributed by atoms with E-state index in [1.165, 1.54) is 17.3 Å². The molecule has 0 spiro atoms. The molecule has 3 aromatic rings. The van der Waals surface area contributed by atoms with Crippen molar-refractivity contribution in [3.05, 3.63) is 105 Å². The van der Waals surface area contributed by atoms with E-state index in [0.717, 1.165) is 26.4 Å². The van der Waals surface area contributed by atoms with E-state index in [1.807, 2.05) is 66.7 Å². The molecule has 0 bridgehead atoms. The van der Waals surface area contributed by atoms with E-state index in [0.29, 0.717) is 10.9 Å². The summed E-state index contributed by atoms with van der Waals surface area (Å²) in [4.78, 5) is 18.1. The first-order valence-corrected chi connectivity index (χ1v) is 11.3. The first-order valence-electron chi connectivity index (χ1n) is 9.48. The maximum absolute atomic E-state index is 13.1. The van der Waals surface area contributed by atoms with Crippen molar-refractivity contribution in [2.75, 3.05) is 0 Å². The van der Waals surface area contributed by atoms with Crippen LogP contribution in [-0.4, -0.2) is 16.1 Å². The number of amidine groups is 1. The van der Waals surface area contributed by atoms with Crippen molar-refractivity contribution in [3.8, 4) is 0 Å². The number of amides is 1. The highest BCUT2D eigenvalue weighted by molar-refractivity contribution is 9.10. The van der Waals surface area contributed by atoms with Crippen molar-refractivity contribution in [1.82, 2.24) is 10.3 Å². The van der Waals surface area contributed by atoms with E-state index in [9.17, 15) is 4.79 Å². The molecular formula is C23H17BrN4OS. The predicted octanol–water partition coefficient (Wildman–Crippen LogP) is 3.53. The number of fused-ring (bicyclic) bond motifs is 2. The summed E-state index contributed by atoms with van der Waals surface area (Å²) in [6.07, 6.45) is -0.427. The van der Waals surface area contributed by atoms with Crippen LogP contribution in [0.5, 0.6) is 0 Å². The predicted molar refractivity (Wildman–Crippen MR) is 123 cm³/mol. The van der Waals surface area contributed by atoms with Crippen LogP contribution in [0.1, 0.15) is 17.3 Å². The molecular weight excluding hydrogens is 460 g/mol. The third-order valence-corrected chi connectivity index (χ3v) is 6.57. The van der Waals surface area contributed by atoms with Crippen LogP contribution in [0.15, 0.2) is 93.4 Å². The molecule has 30 heavy (non-hydrogen) atoms. The third-order valence-electron chi connectivity index (χ3n) is 4.92. The first-order chi connectivity index (χ1) is 14.7. The lowest BCUT2D eigenvalue weighted by molar-refractivity contribution is -0.116. The van der Waals surface area contributed by atoms with E-state index in [2.05, 4.69) is 33.4 Å². The van der Waals surface area contributed by atoms with Gasteiger partial charge < -0.3 is 0 Å². The Bertz CT molecular complexity index is 1280. The van der Waals surface area contributed by atoms with Gasteiger partial charge in [0.1, 0.15) is 5.70 Å². The Morgan fingerprint density at radius 3 is 2.53 bits per heavy atom. The Kier molecular flexibility index (Phi) is 5.14. The summed E-state index contributed by atoms with van der Waals surface area (Å²) in [7, 11) is 0. The zero-order valence-electron chi connectivity index (χ0n) is 15.8. The lowest BCUT2D eigenvalue weighted by Crippen LogP contribution is -2.50. The van der Waals surface area contributed by atoms with E-state index >= 15 is 0 Å². The summed E-state index contributed by atoms with van der Waals surface area (Å²) < 4.78 is 0.928. The molecule has 0 aromatic heterocycles. The number of nitrogens with one attached hydrogen (secondary N) is 1. The van der Waals surface area contributed by atoms with Gasteiger partial charge in [-0.2, -0.15) is 0 Å². The molecule has 5 nitrogen and oxygen atoms in total. The molecule has 1 amide bonds. The van der Waals surface area contributed by atoms with E-state index < -0.39 is 6.17 Å². The summed E-state index contributed by atoms with van der Waals surface area (Å²) in [5.74, 6) is 0.552. The fourth-order valence-electron chi connectivity index (χ4n) is 3.51. The number of hydrogen-bond donors (Lipinski definition) is 1. The molecule has 2 heterocycles. The molecule has 0 saturated carbocycles. The molecule has 1 N–H and O–H groups in total. The number of thioether (sulfide) groups is 1. The normalized spacial score (nSPS) is 17.4. The van der Waals surface area contributed by atoms with E-state index in [1.54, 1.807) is 5.01 Å². The molecule has 2 aliphatic rings. The van der Waals surface area contributed by atoms with Crippen molar-refractivity contribution < 1.29 is 4.79 Å². The van der Waals surface area contributed by atoms with Gasteiger partial charge in [0.25, 0.3) is 5.91 Å². The van der Waals surface area contributed by atoms with Crippen LogP contribution in [0.25, 0.3) is 5.70 Å². The summed E-state index contributed by atoms with van der Waals surface area (Å²) >= 11 is 5.13. The van der Waals surface area contributed by atoms with Gasteiger partial charge in [-0.15, -0.1) is 5.10 Å². The smallest absolute Gasteiger partial charge is 0.276 e. The van der Waals surface area contributed by atoms with Crippen LogP contribution in [0.2, 0.25) is 0 Å². The fourth-order valence-corrected chi connectivity index (χ4v) is 4.80. The van der Waals surface area contributed by atoms with Gasteiger partial charge in [-0.1, -0.05) is 94.4 Å². The van der Waals surface area contributed by atoms with Gasteiger partial charge in [0.05, 0.1) is 5.36 Å². The number of halogens is 1. The van der Waals surface area contributed by atoms with Crippen LogP contribution >= 0.6 is 27.7 Å². The van der Waals surface area contributed by atoms with Gasteiger partial charge in [-0.25, -0.2) is 5.01 Å². The van der Waals surface area contributed by atoms with Crippen molar-refractivity contribution in [2.45, 2.75) is 11.9 Å². The number of hydrazone groups is 1. The zero-order valence-corrected chi connectivity index (χ0v) is 18.2. The number of carbonyl (C=O) groups is 1. The maximum atomic E-state index is 13.1. The van der Waals surface area contributed by atoms with Crippen molar-refractivity contribution >= 4 is 44.5 Å². The van der Waals surface area contributed by atoms with Crippen LogP contribution in [0.4, 0.5) is 0 Å². The van der Waals surface area contributed by atoms with Gasteiger partial charge in [0, 0.05) is 21.0 Å². The number of hydrogen-bond acceptors (Lipinski definition) is 5. The lowest BCUT2D eigenvalue weighted by Gasteiger charge is -2.34. The molecule has 2 aliphatic heterocycles. The average Bonchev–Trinajstić information content (AvgIpc) is 2.78. The van der Waals surface area contributed by atoms with Gasteiger partial charge >= 0.3 is 0 Å². The number of benzene rings is 3. The van der Waals surface area contributed by atoms with Gasteiger partial charge in [0.15, 0.2) is 11.3 Å². The van der Waals surface area contributed by atoms with Crippen LogP contribution < -0.4 is 15.9 Å². The van der Waals surface area contributed by atoms with Crippen LogP contribution in [-0.2, 0) is 10.5 Å². The Morgan fingerprint density at radius 2 is 1.70 bits per heavy atom. The van der Waals surface area contributed by atoms with Crippen molar-refractivity contribution in [2.24, 2.45) is 10.1 Å². The monoisotopic (exact) mass is 476 g/mol. The SMILES string of the molecule is O=C1NC(SCc2ccccc2)=NN2C1=c1ccccc1=N[C@@H]2c1ccccc1Br. The Balaban J connectivity index is 1.59. The minimum Gasteiger partial charge on any atom is -0.298 e. The number of nitrogens with zero attached hydrogens (tertiary/aromatic N) is 3. The summed E-state index contributed by atoms with van der Waals surface area (Å²) in [5.41, 5.74) is 2.64. The van der Waals surface area contributed by atoms with Gasteiger partial charge in [-0.3, -0.25) is 15.1 Å².